The number of hydrogen-bond donors (Lipinski definition) is 3. The van der Waals surface area contributed by atoms with Crippen LogP contribution in [-0.4, -0.2) is 55.4 Å². The van der Waals surface area contributed by atoms with Gasteiger partial charge < -0.3 is 10.6 Å². The van der Waals surface area contributed by atoms with Gasteiger partial charge in [-0.2, -0.15) is 0 Å². The first-order chi connectivity index (χ1) is 9.97. The lowest BCUT2D eigenvalue weighted by molar-refractivity contribution is 0.0368. The smallest absolute Gasteiger partial charge is 0.0656 e. The monoisotopic (exact) mass is 296 g/mol. The van der Waals surface area contributed by atoms with Crippen LogP contribution in [0.5, 0.6) is 0 Å². The van der Waals surface area contributed by atoms with Gasteiger partial charge in [0.1, 0.15) is 0 Å². The zero-order valence-corrected chi connectivity index (χ0v) is 14.5. The predicted octanol–water partition coefficient (Wildman–Crippen LogP) is 1.77. The first kappa shape index (κ1) is 17.2. The van der Waals surface area contributed by atoms with Crippen LogP contribution >= 0.6 is 0 Å². The fraction of sp³-hybridized carbons (Fsp3) is 1.00. The molecule has 0 amide bonds. The van der Waals surface area contributed by atoms with Crippen molar-refractivity contribution in [1.29, 1.82) is 0 Å². The Balaban J connectivity index is 1.74. The van der Waals surface area contributed by atoms with Crippen LogP contribution in [0.2, 0.25) is 0 Å². The van der Waals surface area contributed by atoms with Crippen LogP contribution in [0.15, 0.2) is 0 Å². The fourth-order valence-electron chi connectivity index (χ4n) is 3.66. The van der Waals surface area contributed by atoms with Gasteiger partial charge in [-0.3, -0.25) is 10.2 Å². The topological polar surface area (TPSA) is 39.3 Å². The Hall–Kier alpha value is -0.160. The summed E-state index contributed by atoms with van der Waals surface area (Å²) >= 11 is 0. The van der Waals surface area contributed by atoms with Gasteiger partial charge in [0.25, 0.3) is 0 Å². The summed E-state index contributed by atoms with van der Waals surface area (Å²) in [6, 6.07) is 1.29. The lowest BCUT2D eigenvalue weighted by Crippen LogP contribution is -2.61. The third-order valence-electron chi connectivity index (χ3n) is 5.12. The van der Waals surface area contributed by atoms with E-state index < -0.39 is 0 Å². The van der Waals surface area contributed by atoms with Crippen molar-refractivity contribution < 1.29 is 0 Å². The number of likely N-dealkylation sites (tertiary alicyclic amines) is 1. The molecule has 124 valence electrons. The maximum absolute atomic E-state index is 3.90. The van der Waals surface area contributed by atoms with E-state index in [9.17, 15) is 0 Å². The highest BCUT2D eigenvalue weighted by Crippen LogP contribution is 2.23. The largest absolute Gasteiger partial charge is 0.317 e. The summed E-state index contributed by atoms with van der Waals surface area (Å²) in [6.45, 7) is 15.2. The summed E-state index contributed by atoms with van der Waals surface area (Å²) in [5.41, 5.74) is 0.137. The van der Waals surface area contributed by atoms with Crippen molar-refractivity contribution in [3.8, 4) is 0 Å². The fourth-order valence-corrected chi connectivity index (χ4v) is 3.66. The molecule has 4 heteroatoms. The van der Waals surface area contributed by atoms with Crippen LogP contribution in [0.3, 0.4) is 0 Å². The Morgan fingerprint density at radius 2 is 1.71 bits per heavy atom. The highest BCUT2D eigenvalue weighted by Gasteiger charge is 2.32. The van der Waals surface area contributed by atoms with E-state index >= 15 is 0 Å². The second kappa shape index (κ2) is 7.91. The van der Waals surface area contributed by atoms with Crippen LogP contribution in [0, 0.1) is 5.92 Å². The van der Waals surface area contributed by atoms with E-state index in [0.717, 1.165) is 19.0 Å². The summed E-state index contributed by atoms with van der Waals surface area (Å²) in [5, 5.41) is 10.9. The summed E-state index contributed by atoms with van der Waals surface area (Å²) in [7, 11) is 0. The highest BCUT2D eigenvalue weighted by molar-refractivity contribution is 4.88. The van der Waals surface area contributed by atoms with Gasteiger partial charge >= 0.3 is 0 Å². The minimum Gasteiger partial charge on any atom is -0.317 e. The average molecular weight is 297 g/mol. The molecule has 2 aliphatic heterocycles. The van der Waals surface area contributed by atoms with E-state index in [-0.39, 0.29) is 5.66 Å². The maximum atomic E-state index is 3.90. The molecule has 21 heavy (non-hydrogen) atoms. The molecule has 0 radical (unpaired) electrons. The molecular formula is C17H36N4. The van der Waals surface area contributed by atoms with Crippen LogP contribution in [-0.2, 0) is 0 Å². The van der Waals surface area contributed by atoms with Crippen molar-refractivity contribution in [2.24, 2.45) is 5.92 Å². The van der Waals surface area contributed by atoms with E-state index in [2.05, 4.69) is 48.5 Å². The van der Waals surface area contributed by atoms with Crippen molar-refractivity contribution in [1.82, 2.24) is 20.9 Å². The standard InChI is InChI=1S/C17H36N4/c1-14(2)19-13-15-7-11-21(12-8-15)17(3,4)20-16-5-9-18-10-6-16/h14-16,18-20H,5-13H2,1-4H3. The third-order valence-corrected chi connectivity index (χ3v) is 5.12. The summed E-state index contributed by atoms with van der Waals surface area (Å²) in [4.78, 5) is 2.65. The van der Waals surface area contributed by atoms with E-state index in [0.29, 0.717) is 12.1 Å². The number of hydrogen-bond acceptors (Lipinski definition) is 4. The molecule has 2 heterocycles. The van der Waals surface area contributed by atoms with E-state index in [1.165, 1.54) is 45.3 Å². The lowest BCUT2D eigenvalue weighted by atomic mass is 9.94. The van der Waals surface area contributed by atoms with Crippen molar-refractivity contribution in [3.63, 3.8) is 0 Å². The Morgan fingerprint density at radius 1 is 1.10 bits per heavy atom. The van der Waals surface area contributed by atoms with Gasteiger partial charge in [-0.05, 0) is 65.1 Å². The highest BCUT2D eigenvalue weighted by atomic mass is 15.3. The molecule has 2 aliphatic rings. The minimum absolute atomic E-state index is 0.137. The van der Waals surface area contributed by atoms with Crippen molar-refractivity contribution in [2.75, 3.05) is 32.7 Å². The van der Waals surface area contributed by atoms with Gasteiger partial charge in [-0.15, -0.1) is 0 Å². The number of rotatable bonds is 6. The number of nitrogens with zero attached hydrogens (tertiary/aromatic N) is 1. The SMILES string of the molecule is CC(C)NCC1CCN(C(C)(C)NC2CCNCC2)CC1. The maximum Gasteiger partial charge on any atom is 0.0656 e. The Bertz CT molecular complexity index is 289. The first-order valence-corrected chi connectivity index (χ1v) is 8.94. The van der Waals surface area contributed by atoms with Gasteiger partial charge in [0.2, 0.25) is 0 Å². The molecule has 2 saturated heterocycles. The quantitative estimate of drug-likeness (QED) is 0.699. The molecule has 0 unspecified atom stereocenters. The number of nitrogens with one attached hydrogen (secondary N) is 3. The van der Waals surface area contributed by atoms with Crippen LogP contribution < -0.4 is 16.0 Å². The molecule has 0 aromatic rings. The molecule has 0 saturated carbocycles. The third kappa shape index (κ3) is 5.51. The molecule has 3 N–H and O–H groups in total. The van der Waals surface area contributed by atoms with Gasteiger partial charge in [0.05, 0.1) is 5.66 Å². The zero-order chi connectivity index (χ0) is 15.3. The molecule has 0 aromatic heterocycles. The van der Waals surface area contributed by atoms with E-state index in [1.54, 1.807) is 0 Å². The molecule has 0 spiro atoms. The van der Waals surface area contributed by atoms with Crippen molar-refractivity contribution in [3.05, 3.63) is 0 Å². The molecule has 0 bridgehead atoms. The average Bonchev–Trinajstić information content (AvgIpc) is 2.46. The molecule has 0 aromatic carbocycles. The Kier molecular flexibility index (Phi) is 6.48. The summed E-state index contributed by atoms with van der Waals surface area (Å²) in [6.07, 6.45) is 5.19. The molecule has 2 rings (SSSR count). The Morgan fingerprint density at radius 3 is 2.29 bits per heavy atom. The van der Waals surface area contributed by atoms with E-state index in [4.69, 9.17) is 0 Å². The predicted molar refractivity (Wildman–Crippen MR) is 90.5 cm³/mol. The van der Waals surface area contributed by atoms with Gasteiger partial charge in [0, 0.05) is 25.2 Å². The number of piperidine rings is 2. The molecule has 0 aliphatic carbocycles. The molecule has 0 atom stereocenters. The molecular weight excluding hydrogens is 260 g/mol. The Labute approximate surface area is 131 Å². The van der Waals surface area contributed by atoms with Crippen LogP contribution in [0.1, 0.15) is 53.4 Å². The van der Waals surface area contributed by atoms with Gasteiger partial charge in [-0.1, -0.05) is 13.8 Å². The van der Waals surface area contributed by atoms with E-state index in [1.807, 2.05) is 0 Å². The molecule has 4 nitrogen and oxygen atoms in total. The van der Waals surface area contributed by atoms with Crippen molar-refractivity contribution in [2.45, 2.75) is 71.1 Å². The van der Waals surface area contributed by atoms with Gasteiger partial charge in [-0.25, -0.2) is 0 Å². The van der Waals surface area contributed by atoms with Crippen LogP contribution in [0.25, 0.3) is 0 Å². The second-order valence-corrected chi connectivity index (χ2v) is 7.72. The first-order valence-electron chi connectivity index (χ1n) is 8.94. The summed E-state index contributed by atoms with van der Waals surface area (Å²) < 4.78 is 0. The van der Waals surface area contributed by atoms with Crippen molar-refractivity contribution >= 4 is 0 Å². The minimum atomic E-state index is 0.137. The molecule has 2 fully saturated rings. The summed E-state index contributed by atoms with van der Waals surface area (Å²) in [5.74, 6) is 0.860. The van der Waals surface area contributed by atoms with Crippen LogP contribution in [0.4, 0.5) is 0 Å². The zero-order valence-electron chi connectivity index (χ0n) is 14.5. The normalized spacial score (nSPS) is 23.9. The lowest BCUT2D eigenvalue weighted by Gasteiger charge is -2.46. The second-order valence-electron chi connectivity index (χ2n) is 7.72. The van der Waals surface area contributed by atoms with Gasteiger partial charge in [0.15, 0.2) is 0 Å².